The minimum atomic E-state index is -0.477. The molecule has 0 amide bonds. The number of thiazole rings is 1. The van der Waals surface area contributed by atoms with Gasteiger partial charge in [0.25, 0.3) is 0 Å². The van der Waals surface area contributed by atoms with Gasteiger partial charge in [-0.05, 0) is 12.1 Å². The first kappa shape index (κ1) is 9.55. The summed E-state index contributed by atoms with van der Waals surface area (Å²) in [5, 5.41) is 19.4. The van der Waals surface area contributed by atoms with Gasteiger partial charge in [-0.3, -0.25) is 10.1 Å². The smallest absolute Gasteiger partial charge is 0.258 e. The van der Waals surface area contributed by atoms with Crippen molar-refractivity contribution < 1.29 is 4.92 Å². The van der Waals surface area contributed by atoms with Gasteiger partial charge in [-0.2, -0.15) is 5.26 Å². The van der Waals surface area contributed by atoms with Crippen LogP contribution >= 0.6 is 11.3 Å². The van der Waals surface area contributed by atoms with Crippen molar-refractivity contribution in [1.29, 1.82) is 5.26 Å². The lowest BCUT2D eigenvalue weighted by Gasteiger charge is -1.98. The van der Waals surface area contributed by atoms with Gasteiger partial charge in [0.15, 0.2) is 5.52 Å². The summed E-state index contributed by atoms with van der Waals surface area (Å²) in [6.45, 7) is 0. The van der Waals surface area contributed by atoms with Crippen molar-refractivity contribution in [3.8, 4) is 6.07 Å². The number of nitriles is 1. The fourth-order valence-corrected chi connectivity index (χ4v) is 2.07. The molecule has 2 rings (SSSR count). The first-order valence-corrected chi connectivity index (χ1v) is 4.98. The molecular formula is C9H5N3O2S. The largest absolute Gasteiger partial charge is 0.300 e. The van der Waals surface area contributed by atoms with E-state index in [1.807, 2.05) is 6.07 Å². The van der Waals surface area contributed by atoms with Gasteiger partial charge in [-0.1, -0.05) is 0 Å². The fourth-order valence-electron chi connectivity index (χ4n) is 1.39. The lowest BCUT2D eigenvalue weighted by Crippen LogP contribution is -1.95. The molecule has 0 aliphatic carbocycles. The Labute approximate surface area is 88.7 Å². The summed E-state index contributed by atoms with van der Waals surface area (Å²) in [5.41, 5.74) is 2.31. The maximum atomic E-state index is 10.9. The van der Waals surface area contributed by atoms with Crippen LogP contribution in [0.3, 0.4) is 0 Å². The predicted octanol–water partition coefficient (Wildman–Crippen LogP) is 2.27. The highest BCUT2D eigenvalue weighted by atomic mass is 32.1. The summed E-state index contributed by atoms with van der Waals surface area (Å²) in [7, 11) is 0. The third kappa shape index (κ3) is 1.53. The summed E-state index contributed by atoms with van der Waals surface area (Å²) < 4.78 is 0.767. The highest BCUT2D eigenvalue weighted by Gasteiger charge is 2.19. The molecule has 0 fully saturated rings. The molecule has 1 aromatic carbocycles. The number of fused-ring (bicyclic) bond motifs is 1. The molecule has 1 heterocycles. The normalized spacial score (nSPS) is 10.1. The zero-order valence-electron chi connectivity index (χ0n) is 7.51. The van der Waals surface area contributed by atoms with E-state index in [0.717, 1.165) is 4.70 Å². The van der Waals surface area contributed by atoms with Crippen LogP contribution in [0.25, 0.3) is 10.2 Å². The molecule has 0 spiro atoms. The van der Waals surface area contributed by atoms with Crippen LogP contribution in [0.4, 0.5) is 5.69 Å². The van der Waals surface area contributed by atoms with E-state index < -0.39 is 4.92 Å². The molecule has 0 saturated heterocycles. The molecule has 2 aromatic rings. The van der Waals surface area contributed by atoms with Crippen molar-refractivity contribution in [2.24, 2.45) is 0 Å². The maximum Gasteiger partial charge on any atom is 0.300 e. The summed E-state index contributed by atoms with van der Waals surface area (Å²) in [6.07, 6.45) is 0.0315. The van der Waals surface area contributed by atoms with Gasteiger partial charge in [-0.15, -0.1) is 11.3 Å². The molecule has 5 nitrogen and oxygen atoms in total. The third-order valence-corrected chi connectivity index (χ3v) is 2.81. The molecular weight excluding hydrogens is 214 g/mol. The monoisotopic (exact) mass is 219 g/mol. The molecule has 0 aliphatic heterocycles. The number of hydrogen-bond donors (Lipinski definition) is 0. The minimum Gasteiger partial charge on any atom is -0.258 e. The lowest BCUT2D eigenvalue weighted by atomic mass is 10.1. The van der Waals surface area contributed by atoms with E-state index in [-0.39, 0.29) is 12.1 Å². The highest BCUT2D eigenvalue weighted by molar-refractivity contribution is 7.16. The summed E-state index contributed by atoms with van der Waals surface area (Å²) in [4.78, 5) is 14.3. The first-order valence-electron chi connectivity index (χ1n) is 4.10. The van der Waals surface area contributed by atoms with Gasteiger partial charge in [0.1, 0.15) is 0 Å². The third-order valence-electron chi connectivity index (χ3n) is 2.01. The second-order valence-electron chi connectivity index (χ2n) is 2.86. The van der Waals surface area contributed by atoms with Crippen LogP contribution in [0.1, 0.15) is 5.56 Å². The van der Waals surface area contributed by atoms with E-state index in [4.69, 9.17) is 5.26 Å². The highest BCUT2D eigenvalue weighted by Crippen LogP contribution is 2.30. The van der Waals surface area contributed by atoms with Gasteiger partial charge in [0, 0.05) is 5.56 Å². The van der Waals surface area contributed by atoms with E-state index in [9.17, 15) is 10.1 Å². The minimum absolute atomic E-state index is 0.0315. The number of benzene rings is 1. The van der Waals surface area contributed by atoms with Gasteiger partial charge < -0.3 is 0 Å². The van der Waals surface area contributed by atoms with Crippen molar-refractivity contribution in [2.75, 3.05) is 0 Å². The van der Waals surface area contributed by atoms with Gasteiger partial charge in [0.2, 0.25) is 0 Å². The number of nitrogens with zero attached hydrogens (tertiary/aromatic N) is 3. The Morgan fingerprint density at radius 2 is 2.40 bits per heavy atom. The Bertz CT molecular complexity index is 570. The van der Waals surface area contributed by atoms with Crippen LogP contribution in [-0.2, 0) is 6.42 Å². The van der Waals surface area contributed by atoms with E-state index >= 15 is 0 Å². The van der Waals surface area contributed by atoms with E-state index in [0.29, 0.717) is 11.1 Å². The molecule has 74 valence electrons. The Balaban J connectivity index is 2.76. The van der Waals surface area contributed by atoms with Crippen molar-refractivity contribution in [2.45, 2.75) is 6.42 Å². The van der Waals surface area contributed by atoms with Gasteiger partial charge in [0.05, 0.1) is 27.6 Å². The number of nitro benzene ring substituents is 1. The van der Waals surface area contributed by atoms with Crippen molar-refractivity contribution >= 4 is 27.2 Å². The number of hydrogen-bond acceptors (Lipinski definition) is 5. The standard InChI is InChI=1S/C9H5N3O2S/c10-4-3-6-1-2-7-8(11-5-15-7)9(6)12(13)14/h1-2,5H,3H2. The second kappa shape index (κ2) is 3.63. The average Bonchev–Trinajstić information content (AvgIpc) is 2.64. The Hall–Kier alpha value is -2.00. The second-order valence-corrected chi connectivity index (χ2v) is 3.75. The lowest BCUT2D eigenvalue weighted by molar-refractivity contribution is -0.383. The van der Waals surface area contributed by atoms with E-state index in [2.05, 4.69) is 4.98 Å². The predicted molar refractivity (Wildman–Crippen MR) is 55.6 cm³/mol. The van der Waals surface area contributed by atoms with Crippen molar-refractivity contribution in [3.05, 3.63) is 33.3 Å². The molecule has 0 unspecified atom stereocenters. The zero-order chi connectivity index (χ0) is 10.8. The molecule has 6 heteroatoms. The maximum absolute atomic E-state index is 10.9. The summed E-state index contributed by atoms with van der Waals surface area (Å²) >= 11 is 1.35. The van der Waals surface area contributed by atoms with Crippen LogP contribution in [0.5, 0.6) is 0 Å². The topological polar surface area (TPSA) is 79.8 Å². The first-order chi connectivity index (χ1) is 7.24. The molecule has 1 aromatic heterocycles. The molecule has 0 atom stereocenters. The quantitative estimate of drug-likeness (QED) is 0.573. The van der Waals surface area contributed by atoms with Crippen LogP contribution in [-0.4, -0.2) is 9.91 Å². The van der Waals surface area contributed by atoms with Crippen molar-refractivity contribution in [3.63, 3.8) is 0 Å². The molecule has 15 heavy (non-hydrogen) atoms. The van der Waals surface area contributed by atoms with Crippen molar-refractivity contribution in [1.82, 2.24) is 4.98 Å². The van der Waals surface area contributed by atoms with Crippen LogP contribution < -0.4 is 0 Å². The Kier molecular flexibility index (Phi) is 2.31. The van der Waals surface area contributed by atoms with Crippen LogP contribution in [0.15, 0.2) is 17.6 Å². The zero-order valence-corrected chi connectivity index (χ0v) is 8.32. The average molecular weight is 219 g/mol. The molecule has 0 saturated carbocycles. The number of aromatic nitrogens is 1. The molecule has 0 N–H and O–H groups in total. The van der Waals surface area contributed by atoms with E-state index in [1.54, 1.807) is 17.6 Å². The molecule has 0 aliphatic rings. The van der Waals surface area contributed by atoms with E-state index in [1.165, 1.54) is 11.3 Å². The van der Waals surface area contributed by atoms with Crippen LogP contribution in [0.2, 0.25) is 0 Å². The fraction of sp³-hybridized carbons (Fsp3) is 0.111. The number of rotatable bonds is 2. The summed E-state index contributed by atoms with van der Waals surface area (Å²) in [6, 6.07) is 5.28. The van der Waals surface area contributed by atoms with Gasteiger partial charge >= 0.3 is 5.69 Å². The molecule has 0 radical (unpaired) electrons. The number of nitro groups is 1. The Morgan fingerprint density at radius 3 is 3.07 bits per heavy atom. The molecule has 0 bridgehead atoms. The SMILES string of the molecule is N#CCc1ccc2scnc2c1[N+](=O)[O-]. The Morgan fingerprint density at radius 1 is 1.60 bits per heavy atom. The summed E-state index contributed by atoms with van der Waals surface area (Å²) in [5.74, 6) is 0. The van der Waals surface area contributed by atoms with Crippen LogP contribution in [0, 0.1) is 21.4 Å². The van der Waals surface area contributed by atoms with Gasteiger partial charge in [-0.25, -0.2) is 4.98 Å².